The van der Waals surface area contributed by atoms with Gasteiger partial charge in [-0.15, -0.1) is 0 Å². The molecule has 0 saturated carbocycles. The van der Waals surface area contributed by atoms with E-state index in [2.05, 4.69) is 10.6 Å². The first-order chi connectivity index (χ1) is 9.74. The summed E-state index contributed by atoms with van der Waals surface area (Å²) in [5, 5.41) is 15.5. The van der Waals surface area contributed by atoms with Gasteiger partial charge < -0.3 is 25.4 Å². The van der Waals surface area contributed by atoms with E-state index in [9.17, 15) is 9.50 Å². The second-order valence-corrected chi connectivity index (χ2v) is 4.88. The highest BCUT2D eigenvalue weighted by Crippen LogP contribution is 2.23. The number of hydrogen-bond donors (Lipinski definition) is 3. The molecule has 1 aliphatic rings. The van der Waals surface area contributed by atoms with Gasteiger partial charge in [0.05, 0.1) is 24.9 Å². The molecule has 1 saturated heterocycles. The maximum atomic E-state index is 14.2. The van der Waals surface area contributed by atoms with Crippen LogP contribution in [0.25, 0.3) is 0 Å². The minimum absolute atomic E-state index is 0.0605. The molecule has 1 aromatic carbocycles. The minimum Gasteiger partial charge on any atom is -0.394 e. The van der Waals surface area contributed by atoms with Gasteiger partial charge in [0.25, 0.3) is 0 Å². The van der Waals surface area contributed by atoms with Gasteiger partial charge in [-0.25, -0.2) is 4.39 Å². The van der Waals surface area contributed by atoms with Crippen molar-refractivity contribution in [3.8, 4) is 0 Å². The minimum atomic E-state index is -0.244. The van der Waals surface area contributed by atoms with E-state index in [-0.39, 0.29) is 18.5 Å². The average Bonchev–Trinajstić information content (AvgIpc) is 2.48. The number of nitrogens with one attached hydrogen (secondary N) is 2. The average molecular weight is 283 g/mol. The number of methoxy groups -OCH3 is 1. The first-order valence-electron chi connectivity index (χ1n) is 6.86. The first kappa shape index (κ1) is 15.0. The van der Waals surface area contributed by atoms with Crippen LogP contribution in [0.3, 0.4) is 0 Å². The van der Waals surface area contributed by atoms with Crippen molar-refractivity contribution in [3.63, 3.8) is 0 Å². The lowest BCUT2D eigenvalue weighted by atomic mass is 10.2. The van der Waals surface area contributed by atoms with Crippen LogP contribution in [0.15, 0.2) is 18.2 Å². The summed E-state index contributed by atoms with van der Waals surface area (Å²) in [5.74, 6) is -0.244. The number of anilines is 2. The molecule has 0 amide bonds. The van der Waals surface area contributed by atoms with Crippen LogP contribution in [-0.4, -0.2) is 57.7 Å². The van der Waals surface area contributed by atoms with E-state index >= 15 is 0 Å². The fourth-order valence-corrected chi connectivity index (χ4v) is 2.34. The molecule has 2 rings (SSSR count). The summed E-state index contributed by atoms with van der Waals surface area (Å²) in [5.41, 5.74) is 1.28. The van der Waals surface area contributed by atoms with E-state index in [1.54, 1.807) is 13.2 Å². The standard InChI is InChI=1S/C14H22FN3O2/c1-20-10-12(9-19)17-11-2-3-14(13(15)8-11)18-6-4-16-5-7-18/h2-3,8,12,16-17,19H,4-7,9-10H2,1H3. The van der Waals surface area contributed by atoms with Crippen LogP contribution in [0.5, 0.6) is 0 Å². The van der Waals surface area contributed by atoms with E-state index in [1.165, 1.54) is 6.07 Å². The van der Waals surface area contributed by atoms with Crippen molar-refractivity contribution in [2.45, 2.75) is 6.04 Å². The molecule has 112 valence electrons. The van der Waals surface area contributed by atoms with Gasteiger partial charge in [0.1, 0.15) is 5.82 Å². The molecule has 0 bridgehead atoms. The normalized spacial score (nSPS) is 17.1. The van der Waals surface area contributed by atoms with E-state index < -0.39 is 0 Å². The highest BCUT2D eigenvalue weighted by molar-refractivity contribution is 5.57. The van der Waals surface area contributed by atoms with Crippen LogP contribution in [0.4, 0.5) is 15.8 Å². The van der Waals surface area contributed by atoms with Gasteiger partial charge in [0.15, 0.2) is 0 Å². The number of piperazine rings is 1. The molecule has 0 radical (unpaired) electrons. The highest BCUT2D eigenvalue weighted by atomic mass is 19.1. The van der Waals surface area contributed by atoms with Crippen molar-refractivity contribution in [2.24, 2.45) is 0 Å². The Hall–Kier alpha value is -1.37. The highest BCUT2D eigenvalue weighted by Gasteiger charge is 2.15. The Morgan fingerprint density at radius 3 is 2.80 bits per heavy atom. The lowest BCUT2D eigenvalue weighted by Crippen LogP contribution is -2.43. The summed E-state index contributed by atoms with van der Waals surface area (Å²) in [7, 11) is 1.57. The maximum Gasteiger partial charge on any atom is 0.148 e. The van der Waals surface area contributed by atoms with Crippen LogP contribution in [0.2, 0.25) is 0 Å². The molecule has 1 aliphatic heterocycles. The molecule has 3 N–H and O–H groups in total. The molecule has 1 aromatic rings. The van der Waals surface area contributed by atoms with Gasteiger partial charge in [0, 0.05) is 39.0 Å². The molecule has 1 atom stereocenters. The maximum absolute atomic E-state index is 14.2. The topological polar surface area (TPSA) is 56.8 Å². The van der Waals surface area contributed by atoms with Crippen molar-refractivity contribution >= 4 is 11.4 Å². The van der Waals surface area contributed by atoms with Gasteiger partial charge in [-0.3, -0.25) is 0 Å². The number of nitrogens with zero attached hydrogens (tertiary/aromatic N) is 1. The molecule has 0 aliphatic carbocycles. The number of benzene rings is 1. The molecular weight excluding hydrogens is 261 g/mol. The van der Waals surface area contributed by atoms with Gasteiger partial charge in [-0.2, -0.15) is 0 Å². The first-order valence-corrected chi connectivity index (χ1v) is 6.86. The van der Waals surface area contributed by atoms with Gasteiger partial charge >= 0.3 is 0 Å². The van der Waals surface area contributed by atoms with Crippen molar-refractivity contribution < 1.29 is 14.2 Å². The van der Waals surface area contributed by atoms with E-state index in [0.717, 1.165) is 26.2 Å². The van der Waals surface area contributed by atoms with Crippen LogP contribution in [0, 0.1) is 5.82 Å². The molecule has 1 fully saturated rings. The predicted molar refractivity (Wildman–Crippen MR) is 77.9 cm³/mol. The zero-order valence-corrected chi connectivity index (χ0v) is 11.7. The Morgan fingerprint density at radius 2 is 2.20 bits per heavy atom. The zero-order chi connectivity index (χ0) is 14.4. The van der Waals surface area contributed by atoms with Crippen LogP contribution >= 0.6 is 0 Å². The zero-order valence-electron chi connectivity index (χ0n) is 11.7. The van der Waals surface area contributed by atoms with Gasteiger partial charge in [-0.05, 0) is 18.2 Å². The number of halogens is 1. The Bertz CT molecular complexity index is 425. The summed E-state index contributed by atoms with van der Waals surface area (Å²) in [4.78, 5) is 2.04. The summed E-state index contributed by atoms with van der Waals surface area (Å²) in [6.45, 7) is 3.69. The second kappa shape index (κ2) is 7.42. The number of aliphatic hydroxyl groups excluding tert-OH is 1. The number of rotatable bonds is 6. The van der Waals surface area contributed by atoms with Gasteiger partial charge in [-0.1, -0.05) is 0 Å². The van der Waals surface area contributed by atoms with Crippen molar-refractivity contribution in [1.82, 2.24) is 5.32 Å². The Labute approximate surface area is 118 Å². The summed E-state index contributed by atoms with van der Waals surface area (Å²) in [6, 6.07) is 4.85. The van der Waals surface area contributed by atoms with Crippen LogP contribution < -0.4 is 15.5 Å². The third kappa shape index (κ3) is 3.82. The fraction of sp³-hybridized carbons (Fsp3) is 0.571. The Kier molecular flexibility index (Phi) is 5.58. The third-order valence-electron chi connectivity index (χ3n) is 3.36. The van der Waals surface area contributed by atoms with Gasteiger partial charge in [0.2, 0.25) is 0 Å². The SMILES string of the molecule is COCC(CO)Nc1ccc(N2CCNCC2)c(F)c1. The molecular formula is C14H22FN3O2. The van der Waals surface area contributed by atoms with Crippen LogP contribution in [-0.2, 0) is 4.74 Å². The fourth-order valence-electron chi connectivity index (χ4n) is 2.34. The predicted octanol–water partition coefficient (Wildman–Crippen LogP) is 0.654. The number of hydrogen-bond acceptors (Lipinski definition) is 5. The summed E-state index contributed by atoms with van der Waals surface area (Å²) >= 11 is 0. The number of aliphatic hydroxyl groups is 1. The van der Waals surface area contributed by atoms with E-state index in [1.807, 2.05) is 11.0 Å². The lowest BCUT2D eigenvalue weighted by molar-refractivity contribution is 0.153. The third-order valence-corrected chi connectivity index (χ3v) is 3.36. The monoisotopic (exact) mass is 283 g/mol. The lowest BCUT2D eigenvalue weighted by Gasteiger charge is -2.30. The summed E-state index contributed by atoms with van der Waals surface area (Å²) in [6.07, 6.45) is 0. The molecule has 5 nitrogen and oxygen atoms in total. The molecule has 0 spiro atoms. The van der Waals surface area contributed by atoms with E-state index in [4.69, 9.17) is 4.74 Å². The Morgan fingerprint density at radius 1 is 1.45 bits per heavy atom. The van der Waals surface area contributed by atoms with E-state index in [0.29, 0.717) is 18.0 Å². The summed E-state index contributed by atoms with van der Waals surface area (Å²) < 4.78 is 19.2. The molecule has 20 heavy (non-hydrogen) atoms. The second-order valence-electron chi connectivity index (χ2n) is 4.88. The quantitative estimate of drug-likeness (QED) is 0.716. The smallest absolute Gasteiger partial charge is 0.148 e. The van der Waals surface area contributed by atoms with Crippen molar-refractivity contribution in [2.75, 3.05) is 56.7 Å². The Balaban J connectivity index is 2.04. The molecule has 6 heteroatoms. The van der Waals surface area contributed by atoms with Crippen LogP contribution in [0.1, 0.15) is 0 Å². The molecule has 1 unspecified atom stereocenters. The van der Waals surface area contributed by atoms with Crippen molar-refractivity contribution in [1.29, 1.82) is 0 Å². The largest absolute Gasteiger partial charge is 0.394 e. The molecule has 0 aromatic heterocycles. The number of ether oxygens (including phenoxy) is 1. The molecule has 1 heterocycles. The van der Waals surface area contributed by atoms with Crippen molar-refractivity contribution in [3.05, 3.63) is 24.0 Å².